The lowest BCUT2D eigenvalue weighted by Gasteiger charge is -2.21. The van der Waals surface area contributed by atoms with Crippen LogP contribution in [-0.4, -0.2) is 32.0 Å². The molecule has 0 heterocycles. The lowest BCUT2D eigenvalue weighted by molar-refractivity contribution is 0.388. The van der Waals surface area contributed by atoms with E-state index in [1.165, 1.54) is 24.8 Å². The minimum atomic E-state index is -0.798. The molecule has 0 aliphatic heterocycles. The highest BCUT2D eigenvalue weighted by atomic mass is 19.1. The molecular weight excluding hydrogens is 313 g/mol. The molecule has 3 atom stereocenters. The number of halogens is 1. The maximum atomic E-state index is 13.2. The third-order valence-electron chi connectivity index (χ3n) is 4.53. The van der Waals surface area contributed by atoms with Crippen molar-refractivity contribution in [3.05, 3.63) is 23.8 Å². The van der Waals surface area contributed by atoms with E-state index in [1.807, 2.05) is 13.0 Å². The standard InChI is InChI=1S/C21H40FN3/c1-6-8-9-10-13-19(4)21(17-25-23-5)24-16-15-18(3)12-11-14-20(22)7-2/h11,13-14,18,20-21,24-25H,5-10,12,15-17H2,1-4H3/b14-11-,19-13-. The fraction of sp³-hybridized carbons (Fsp3) is 0.762. The molecule has 3 unspecified atom stereocenters. The van der Waals surface area contributed by atoms with Gasteiger partial charge in [-0.15, -0.1) is 0 Å². The Morgan fingerprint density at radius 3 is 2.68 bits per heavy atom. The van der Waals surface area contributed by atoms with Crippen molar-refractivity contribution in [1.29, 1.82) is 0 Å². The highest BCUT2D eigenvalue weighted by Gasteiger charge is 2.10. The van der Waals surface area contributed by atoms with E-state index in [4.69, 9.17) is 0 Å². The fourth-order valence-corrected chi connectivity index (χ4v) is 2.63. The lowest BCUT2D eigenvalue weighted by atomic mass is 10.0. The van der Waals surface area contributed by atoms with E-state index in [0.717, 1.165) is 32.4 Å². The fourth-order valence-electron chi connectivity index (χ4n) is 2.63. The van der Waals surface area contributed by atoms with Gasteiger partial charge in [0.25, 0.3) is 0 Å². The van der Waals surface area contributed by atoms with Crippen LogP contribution in [0.25, 0.3) is 0 Å². The second-order valence-corrected chi connectivity index (χ2v) is 6.95. The molecule has 0 aromatic carbocycles. The van der Waals surface area contributed by atoms with E-state index in [1.54, 1.807) is 6.08 Å². The van der Waals surface area contributed by atoms with E-state index in [-0.39, 0.29) is 6.04 Å². The van der Waals surface area contributed by atoms with Crippen molar-refractivity contribution in [1.82, 2.24) is 10.7 Å². The van der Waals surface area contributed by atoms with Gasteiger partial charge in [0.2, 0.25) is 0 Å². The number of allylic oxidation sites excluding steroid dienone is 3. The summed E-state index contributed by atoms with van der Waals surface area (Å²) < 4.78 is 13.2. The van der Waals surface area contributed by atoms with Crippen LogP contribution in [0.15, 0.2) is 28.9 Å². The van der Waals surface area contributed by atoms with Crippen LogP contribution in [0.5, 0.6) is 0 Å². The molecule has 4 heteroatoms. The molecule has 0 fully saturated rings. The van der Waals surface area contributed by atoms with E-state index in [2.05, 4.69) is 49.4 Å². The molecule has 0 aliphatic carbocycles. The highest BCUT2D eigenvalue weighted by molar-refractivity contribution is 5.22. The zero-order valence-corrected chi connectivity index (χ0v) is 16.9. The molecule has 0 aliphatic rings. The smallest absolute Gasteiger partial charge is 0.118 e. The van der Waals surface area contributed by atoms with Gasteiger partial charge < -0.3 is 10.7 Å². The van der Waals surface area contributed by atoms with Crippen molar-refractivity contribution in [3.63, 3.8) is 0 Å². The van der Waals surface area contributed by atoms with Crippen LogP contribution in [0, 0.1) is 5.92 Å². The molecule has 2 N–H and O–H groups in total. The lowest BCUT2D eigenvalue weighted by Crippen LogP contribution is -2.39. The van der Waals surface area contributed by atoms with Crippen molar-refractivity contribution >= 4 is 6.72 Å². The van der Waals surface area contributed by atoms with Gasteiger partial charge in [-0.3, -0.25) is 0 Å². The molecule has 0 bridgehead atoms. The highest BCUT2D eigenvalue weighted by Crippen LogP contribution is 2.11. The molecule has 0 amide bonds. The Hall–Kier alpha value is -1.16. The summed E-state index contributed by atoms with van der Waals surface area (Å²) in [7, 11) is 0. The summed E-state index contributed by atoms with van der Waals surface area (Å²) in [6, 6.07) is 0.283. The van der Waals surface area contributed by atoms with Gasteiger partial charge in [0.05, 0.1) is 6.54 Å². The molecule has 0 rings (SSSR count). The van der Waals surface area contributed by atoms with Crippen LogP contribution in [0.3, 0.4) is 0 Å². The number of hydrogen-bond acceptors (Lipinski definition) is 3. The molecule has 3 nitrogen and oxygen atoms in total. The first-order valence-corrected chi connectivity index (χ1v) is 9.94. The van der Waals surface area contributed by atoms with E-state index >= 15 is 0 Å². The summed E-state index contributed by atoms with van der Waals surface area (Å²) in [5, 5.41) is 7.38. The third kappa shape index (κ3) is 13.8. The monoisotopic (exact) mass is 353 g/mol. The molecular formula is C21H40FN3. The first-order chi connectivity index (χ1) is 12.0. The molecule has 25 heavy (non-hydrogen) atoms. The van der Waals surface area contributed by atoms with Gasteiger partial charge in [-0.05, 0) is 51.5 Å². The van der Waals surface area contributed by atoms with Gasteiger partial charge in [-0.25, -0.2) is 4.39 Å². The Morgan fingerprint density at radius 1 is 1.28 bits per heavy atom. The van der Waals surface area contributed by atoms with Gasteiger partial charge in [0, 0.05) is 12.8 Å². The summed E-state index contributed by atoms with van der Waals surface area (Å²) in [4.78, 5) is 0. The minimum Gasteiger partial charge on any atom is -0.309 e. The van der Waals surface area contributed by atoms with Gasteiger partial charge in [-0.1, -0.05) is 57.4 Å². The third-order valence-corrected chi connectivity index (χ3v) is 4.53. The summed E-state index contributed by atoms with van der Waals surface area (Å²) in [6.07, 6.45) is 12.7. The first kappa shape index (κ1) is 23.8. The number of unbranched alkanes of at least 4 members (excludes halogenated alkanes) is 3. The van der Waals surface area contributed by atoms with Crippen molar-refractivity contribution in [2.24, 2.45) is 11.0 Å². The zero-order valence-electron chi connectivity index (χ0n) is 16.9. The molecule has 0 spiro atoms. The van der Waals surface area contributed by atoms with Crippen LogP contribution in [-0.2, 0) is 0 Å². The molecule has 0 aromatic rings. The zero-order chi connectivity index (χ0) is 18.9. The van der Waals surface area contributed by atoms with E-state index in [9.17, 15) is 4.39 Å². The van der Waals surface area contributed by atoms with Gasteiger partial charge >= 0.3 is 0 Å². The Kier molecular flexibility index (Phi) is 15.6. The quantitative estimate of drug-likeness (QED) is 0.169. The minimum absolute atomic E-state index is 0.283. The average molecular weight is 354 g/mol. The number of hydrazone groups is 1. The van der Waals surface area contributed by atoms with Gasteiger partial charge in [-0.2, -0.15) is 5.10 Å². The summed E-state index contributed by atoms with van der Waals surface area (Å²) in [5.41, 5.74) is 4.34. The Labute approximate surface area is 155 Å². The second kappa shape index (κ2) is 16.3. The predicted octanol–water partition coefficient (Wildman–Crippen LogP) is 5.40. The molecule has 0 radical (unpaired) electrons. The molecule has 0 saturated heterocycles. The molecule has 0 saturated carbocycles. The summed E-state index contributed by atoms with van der Waals surface area (Å²) in [6.45, 7) is 13.7. The van der Waals surface area contributed by atoms with Crippen LogP contribution < -0.4 is 10.7 Å². The molecule has 0 aromatic heterocycles. The normalized spacial score (nSPS) is 16.0. The average Bonchev–Trinajstić information content (AvgIpc) is 2.61. The number of nitrogens with one attached hydrogen (secondary N) is 2. The number of alkyl halides is 1. The van der Waals surface area contributed by atoms with Crippen LogP contribution in [0.1, 0.15) is 72.6 Å². The van der Waals surface area contributed by atoms with Crippen molar-refractivity contribution in [3.8, 4) is 0 Å². The van der Waals surface area contributed by atoms with E-state index < -0.39 is 6.17 Å². The second-order valence-electron chi connectivity index (χ2n) is 6.95. The largest absolute Gasteiger partial charge is 0.309 e. The number of hydrogen-bond donors (Lipinski definition) is 2. The van der Waals surface area contributed by atoms with Crippen LogP contribution in [0.4, 0.5) is 4.39 Å². The van der Waals surface area contributed by atoms with Crippen molar-refractivity contribution < 1.29 is 4.39 Å². The van der Waals surface area contributed by atoms with Crippen LogP contribution >= 0.6 is 0 Å². The van der Waals surface area contributed by atoms with E-state index in [0.29, 0.717) is 12.3 Å². The maximum absolute atomic E-state index is 13.2. The SMILES string of the molecule is C=NNCC(NCCC(C)C/C=C\C(F)CC)/C(C)=C\CCCCC. The Bertz CT molecular complexity index is 379. The van der Waals surface area contributed by atoms with Crippen molar-refractivity contribution in [2.45, 2.75) is 84.9 Å². The molecule has 146 valence electrons. The maximum Gasteiger partial charge on any atom is 0.118 e. The topological polar surface area (TPSA) is 36.4 Å². The predicted molar refractivity (Wildman–Crippen MR) is 110 cm³/mol. The number of nitrogens with zero attached hydrogens (tertiary/aromatic N) is 1. The van der Waals surface area contributed by atoms with Gasteiger partial charge in [0.1, 0.15) is 6.17 Å². The number of rotatable bonds is 16. The Balaban J connectivity index is 4.24. The summed E-state index contributed by atoms with van der Waals surface area (Å²) in [5.74, 6) is 0.549. The first-order valence-electron chi connectivity index (χ1n) is 9.94. The summed E-state index contributed by atoms with van der Waals surface area (Å²) >= 11 is 0. The van der Waals surface area contributed by atoms with Crippen molar-refractivity contribution in [2.75, 3.05) is 13.1 Å². The van der Waals surface area contributed by atoms with Gasteiger partial charge in [0.15, 0.2) is 0 Å². The Morgan fingerprint density at radius 2 is 2.04 bits per heavy atom. The van der Waals surface area contributed by atoms with Crippen LogP contribution in [0.2, 0.25) is 0 Å².